The molecule has 9 heteroatoms. The lowest BCUT2D eigenvalue weighted by atomic mass is 10.1. The minimum Gasteiger partial charge on any atom is -0.450 e. The molecular weight excluding hydrogens is 342 g/mol. The van der Waals surface area contributed by atoms with E-state index in [1.165, 1.54) is 24.3 Å². The maximum absolute atomic E-state index is 12.1. The zero-order valence-corrected chi connectivity index (χ0v) is 14.2. The number of nitrogens with one attached hydrogen (secondary N) is 1. The van der Waals surface area contributed by atoms with Crippen LogP contribution in [-0.2, 0) is 14.8 Å². The predicted molar refractivity (Wildman–Crippen MR) is 87.0 cm³/mol. The lowest BCUT2D eigenvalue weighted by Crippen LogP contribution is -2.39. The van der Waals surface area contributed by atoms with Crippen LogP contribution < -0.4 is 4.83 Å². The summed E-state index contributed by atoms with van der Waals surface area (Å²) in [5.41, 5.74) is 0.697. The van der Waals surface area contributed by atoms with E-state index in [0.29, 0.717) is 43.3 Å². The Morgan fingerprint density at radius 3 is 2.48 bits per heavy atom. The van der Waals surface area contributed by atoms with Crippen molar-refractivity contribution < 1.29 is 17.9 Å². The fourth-order valence-corrected chi connectivity index (χ4v) is 3.04. The second-order valence-electron chi connectivity index (χ2n) is 4.91. The van der Waals surface area contributed by atoms with Gasteiger partial charge in [0.2, 0.25) is 0 Å². The number of hydrogen-bond acceptors (Lipinski definition) is 5. The van der Waals surface area contributed by atoms with Crippen LogP contribution in [0.15, 0.2) is 34.3 Å². The number of rotatable bonds is 4. The maximum atomic E-state index is 12.1. The van der Waals surface area contributed by atoms with Crippen molar-refractivity contribution in [3.63, 3.8) is 0 Å². The van der Waals surface area contributed by atoms with Gasteiger partial charge in [-0.05, 0) is 31.2 Å². The van der Waals surface area contributed by atoms with Gasteiger partial charge in [-0.3, -0.25) is 0 Å². The highest BCUT2D eigenvalue weighted by Gasteiger charge is 2.21. The van der Waals surface area contributed by atoms with Crippen molar-refractivity contribution in [3.05, 3.63) is 29.3 Å². The van der Waals surface area contributed by atoms with E-state index in [1.54, 1.807) is 11.8 Å². The smallest absolute Gasteiger partial charge is 0.409 e. The van der Waals surface area contributed by atoms with Gasteiger partial charge < -0.3 is 9.64 Å². The lowest BCUT2D eigenvalue weighted by Gasteiger charge is -2.26. The van der Waals surface area contributed by atoms with Crippen LogP contribution in [0.25, 0.3) is 0 Å². The molecule has 1 aromatic carbocycles. The molecule has 0 atom stereocenters. The number of likely N-dealkylation sites (tertiary alicyclic amines) is 1. The molecule has 1 aromatic rings. The Morgan fingerprint density at radius 1 is 1.30 bits per heavy atom. The van der Waals surface area contributed by atoms with Crippen molar-refractivity contribution in [2.24, 2.45) is 5.10 Å². The Hall–Kier alpha value is -1.80. The molecular formula is C14H18ClN3O4S. The summed E-state index contributed by atoms with van der Waals surface area (Å²) in [6, 6.07) is 5.82. The normalized spacial score (nSPS) is 15.2. The number of ether oxygens (including phenoxy) is 1. The first-order valence-corrected chi connectivity index (χ1v) is 9.03. The average Bonchev–Trinajstić information content (AvgIpc) is 2.54. The molecule has 126 valence electrons. The Balaban J connectivity index is 1.94. The number of sulfonamides is 1. The Kier molecular flexibility index (Phi) is 5.84. The van der Waals surface area contributed by atoms with E-state index in [-0.39, 0.29) is 11.0 Å². The van der Waals surface area contributed by atoms with Gasteiger partial charge in [0, 0.05) is 36.7 Å². The molecule has 0 radical (unpaired) electrons. The topological polar surface area (TPSA) is 88.1 Å². The predicted octanol–water partition coefficient (Wildman–Crippen LogP) is 2.23. The molecule has 0 spiro atoms. The van der Waals surface area contributed by atoms with E-state index < -0.39 is 10.0 Å². The highest BCUT2D eigenvalue weighted by atomic mass is 35.5. The summed E-state index contributed by atoms with van der Waals surface area (Å²) < 4.78 is 29.1. The highest BCUT2D eigenvalue weighted by Crippen LogP contribution is 2.14. The molecule has 1 fully saturated rings. The summed E-state index contributed by atoms with van der Waals surface area (Å²) >= 11 is 5.74. The molecule has 7 nitrogen and oxygen atoms in total. The van der Waals surface area contributed by atoms with Gasteiger partial charge in [0.25, 0.3) is 10.0 Å². The molecule has 0 bridgehead atoms. The van der Waals surface area contributed by atoms with Gasteiger partial charge >= 0.3 is 6.09 Å². The van der Waals surface area contributed by atoms with Gasteiger partial charge in [-0.1, -0.05) is 11.6 Å². The number of halogens is 1. The molecule has 1 heterocycles. The number of hydrogen-bond donors (Lipinski definition) is 1. The van der Waals surface area contributed by atoms with Gasteiger partial charge in [0.05, 0.1) is 11.5 Å². The van der Waals surface area contributed by atoms with Gasteiger partial charge in [-0.25, -0.2) is 9.63 Å². The molecule has 1 aliphatic rings. The second-order valence-corrected chi connectivity index (χ2v) is 7.01. The molecule has 23 heavy (non-hydrogen) atoms. The first kappa shape index (κ1) is 17.6. The van der Waals surface area contributed by atoms with Crippen molar-refractivity contribution in [3.8, 4) is 0 Å². The van der Waals surface area contributed by atoms with E-state index in [9.17, 15) is 13.2 Å². The van der Waals surface area contributed by atoms with Crippen molar-refractivity contribution in [1.29, 1.82) is 0 Å². The molecule has 1 amide bonds. The van der Waals surface area contributed by atoms with E-state index >= 15 is 0 Å². The molecule has 0 aliphatic carbocycles. The van der Waals surface area contributed by atoms with Crippen LogP contribution in [0.2, 0.25) is 5.02 Å². The largest absolute Gasteiger partial charge is 0.450 e. The van der Waals surface area contributed by atoms with E-state index in [4.69, 9.17) is 16.3 Å². The Labute approximate surface area is 140 Å². The zero-order chi connectivity index (χ0) is 16.9. The minimum atomic E-state index is -3.72. The first-order chi connectivity index (χ1) is 10.9. The number of hydrazone groups is 1. The fourth-order valence-electron chi connectivity index (χ4n) is 2.07. The lowest BCUT2D eigenvalue weighted by molar-refractivity contribution is 0.107. The molecule has 1 aliphatic heterocycles. The van der Waals surface area contributed by atoms with Crippen molar-refractivity contribution in [2.75, 3.05) is 19.7 Å². The Bertz CT molecular complexity index is 678. The summed E-state index contributed by atoms with van der Waals surface area (Å²) in [6.07, 6.45) is 0.650. The van der Waals surface area contributed by atoms with Crippen molar-refractivity contribution >= 4 is 33.4 Å². The number of piperidine rings is 1. The third-order valence-electron chi connectivity index (χ3n) is 3.31. The van der Waals surface area contributed by atoms with Crippen LogP contribution in [0.3, 0.4) is 0 Å². The van der Waals surface area contributed by atoms with E-state index in [1.807, 2.05) is 0 Å². The minimum absolute atomic E-state index is 0.0928. The third kappa shape index (κ3) is 4.84. The second kappa shape index (κ2) is 7.65. The number of amides is 1. The van der Waals surface area contributed by atoms with E-state index in [0.717, 1.165) is 0 Å². The summed E-state index contributed by atoms with van der Waals surface area (Å²) in [7, 11) is -3.72. The zero-order valence-electron chi connectivity index (χ0n) is 12.7. The van der Waals surface area contributed by atoms with Gasteiger partial charge in [0.1, 0.15) is 0 Å². The number of benzene rings is 1. The molecule has 2 rings (SSSR count). The van der Waals surface area contributed by atoms with Crippen LogP contribution in [0, 0.1) is 0 Å². The Morgan fingerprint density at radius 2 is 1.91 bits per heavy atom. The van der Waals surface area contributed by atoms with Crippen molar-refractivity contribution in [2.45, 2.75) is 24.7 Å². The average molecular weight is 360 g/mol. The number of carbonyl (C=O) groups is 1. The summed E-state index contributed by atoms with van der Waals surface area (Å²) in [6.45, 7) is 3.00. The monoisotopic (exact) mass is 359 g/mol. The van der Waals surface area contributed by atoms with Gasteiger partial charge in [-0.15, -0.1) is 0 Å². The fraction of sp³-hybridized carbons (Fsp3) is 0.429. The van der Waals surface area contributed by atoms with Crippen molar-refractivity contribution in [1.82, 2.24) is 9.73 Å². The molecule has 0 aromatic heterocycles. The van der Waals surface area contributed by atoms with Crippen LogP contribution in [0.5, 0.6) is 0 Å². The number of nitrogens with zero attached hydrogens (tertiary/aromatic N) is 2. The van der Waals surface area contributed by atoms with Gasteiger partial charge in [0.15, 0.2) is 0 Å². The molecule has 1 saturated heterocycles. The quantitative estimate of drug-likeness (QED) is 0.835. The standard InChI is InChI=1S/C14H18ClN3O4S/c1-2-22-14(19)18-9-7-12(8-10-18)16-17-23(20,21)13-5-3-11(15)4-6-13/h3-6,17H,2,7-10H2,1H3. The maximum Gasteiger partial charge on any atom is 0.409 e. The first-order valence-electron chi connectivity index (χ1n) is 7.17. The molecule has 0 saturated carbocycles. The van der Waals surface area contributed by atoms with Crippen LogP contribution in [-0.4, -0.2) is 44.8 Å². The third-order valence-corrected chi connectivity index (χ3v) is 4.79. The summed E-state index contributed by atoms with van der Waals surface area (Å²) in [5.74, 6) is 0. The SMILES string of the molecule is CCOC(=O)N1CCC(=NNS(=O)(=O)c2ccc(Cl)cc2)CC1. The van der Waals surface area contributed by atoms with Gasteiger partial charge in [-0.2, -0.15) is 13.5 Å². The van der Waals surface area contributed by atoms with E-state index in [2.05, 4.69) is 9.93 Å². The molecule has 1 N–H and O–H groups in total. The van der Waals surface area contributed by atoms with Crippen LogP contribution >= 0.6 is 11.6 Å². The highest BCUT2D eigenvalue weighted by molar-refractivity contribution is 7.89. The molecule has 0 unspecified atom stereocenters. The van der Waals surface area contributed by atoms with Crippen LogP contribution in [0.1, 0.15) is 19.8 Å². The van der Waals surface area contributed by atoms with Crippen LogP contribution in [0.4, 0.5) is 4.79 Å². The summed E-state index contributed by atoms with van der Waals surface area (Å²) in [4.78, 5) is 15.5. The summed E-state index contributed by atoms with van der Waals surface area (Å²) in [5, 5.41) is 4.42. The number of carbonyl (C=O) groups excluding carboxylic acids is 1.